The Balaban J connectivity index is 1.17. The molecule has 3 amide bonds. The zero-order chi connectivity index (χ0) is 24.6. The van der Waals surface area contributed by atoms with Gasteiger partial charge in [0.05, 0.1) is 11.2 Å². The van der Waals surface area contributed by atoms with Gasteiger partial charge in [-0.1, -0.05) is 48.5 Å². The molecule has 184 valence electrons. The summed E-state index contributed by atoms with van der Waals surface area (Å²) in [6, 6.07) is 19.8. The summed E-state index contributed by atoms with van der Waals surface area (Å²) in [5, 5.41) is 6.85. The molecule has 0 spiro atoms. The minimum atomic E-state index is -0.217. The third-order valence-electron chi connectivity index (χ3n) is 6.70. The lowest BCUT2D eigenvalue weighted by Gasteiger charge is -2.33. The molecule has 0 radical (unpaired) electrons. The van der Waals surface area contributed by atoms with Gasteiger partial charge in [0.1, 0.15) is 0 Å². The summed E-state index contributed by atoms with van der Waals surface area (Å²) in [4.78, 5) is 34.0. The summed E-state index contributed by atoms with van der Waals surface area (Å²) in [6.07, 6.45) is 2.61. The molecule has 7 heteroatoms. The predicted molar refractivity (Wildman–Crippen MR) is 140 cm³/mol. The number of fused-ring (bicyclic) bond motifs is 1. The van der Waals surface area contributed by atoms with Gasteiger partial charge in [-0.25, -0.2) is 4.79 Å². The van der Waals surface area contributed by atoms with Crippen LogP contribution in [0.15, 0.2) is 60.7 Å². The summed E-state index contributed by atoms with van der Waals surface area (Å²) in [5.41, 5.74) is 3.75. The first kappa shape index (κ1) is 24.7. The van der Waals surface area contributed by atoms with Crippen LogP contribution in [0.1, 0.15) is 24.1 Å². The van der Waals surface area contributed by atoms with E-state index in [0.717, 1.165) is 67.7 Å². The molecule has 1 aromatic heterocycles. The SMILES string of the molecule is Cc1cc(NC(=O)NCCN2CCC(C(=O)N(C)CCc3ccccc3)CC2)c2ccccc2n1. The molecular weight excluding hydrogens is 438 g/mol. The normalized spacial score (nSPS) is 14.6. The second kappa shape index (κ2) is 11.8. The molecule has 0 unspecified atom stereocenters. The van der Waals surface area contributed by atoms with Crippen molar-refractivity contribution in [2.24, 2.45) is 5.92 Å². The Labute approximate surface area is 207 Å². The summed E-state index contributed by atoms with van der Waals surface area (Å²) >= 11 is 0. The number of urea groups is 1. The topological polar surface area (TPSA) is 77.6 Å². The van der Waals surface area contributed by atoms with E-state index >= 15 is 0 Å². The minimum absolute atomic E-state index is 0.0893. The molecule has 1 fully saturated rings. The van der Waals surface area contributed by atoms with Crippen molar-refractivity contribution in [2.75, 3.05) is 45.1 Å². The quantitative estimate of drug-likeness (QED) is 0.517. The van der Waals surface area contributed by atoms with E-state index in [4.69, 9.17) is 0 Å². The van der Waals surface area contributed by atoms with Gasteiger partial charge in [-0.15, -0.1) is 0 Å². The highest BCUT2D eigenvalue weighted by atomic mass is 16.2. The molecule has 7 nitrogen and oxygen atoms in total. The van der Waals surface area contributed by atoms with Crippen LogP contribution in [0.3, 0.4) is 0 Å². The molecule has 0 atom stereocenters. The van der Waals surface area contributed by atoms with Gasteiger partial charge >= 0.3 is 6.03 Å². The van der Waals surface area contributed by atoms with Crippen molar-refractivity contribution >= 4 is 28.5 Å². The number of likely N-dealkylation sites (tertiary alicyclic amines) is 1. The van der Waals surface area contributed by atoms with Crippen molar-refractivity contribution in [1.29, 1.82) is 0 Å². The van der Waals surface area contributed by atoms with Crippen LogP contribution in [0.25, 0.3) is 10.9 Å². The molecule has 0 bridgehead atoms. The lowest BCUT2D eigenvalue weighted by atomic mass is 9.95. The van der Waals surface area contributed by atoms with Crippen LogP contribution in [-0.2, 0) is 11.2 Å². The van der Waals surface area contributed by atoms with Gasteiger partial charge in [0.15, 0.2) is 0 Å². The second-order valence-electron chi connectivity index (χ2n) is 9.32. The lowest BCUT2D eigenvalue weighted by molar-refractivity contribution is -0.135. The number of carbonyl (C=O) groups is 2. The van der Waals surface area contributed by atoms with E-state index in [1.165, 1.54) is 5.56 Å². The minimum Gasteiger partial charge on any atom is -0.345 e. The van der Waals surface area contributed by atoms with Crippen molar-refractivity contribution < 1.29 is 9.59 Å². The molecular formula is C28H35N5O2. The number of hydrogen-bond donors (Lipinski definition) is 2. The highest BCUT2D eigenvalue weighted by molar-refractivity contribution is 6.00. The molecule has 0 saturated carbocycles. The van der Waals surface area contributed by atoms with Crippen LogP contribution in [0.5, 0.6) is 0 Å². The highest BCUT2D eigenvalue weighted by Gasteiger charge is 2.26. The maximum absolute atomic E-state index is 12.9. The zero-order valence-electron chi connectivity index (χ0n) is 20.7. The number of para-hydroxylation sites is 1. The number of pyridine rings is 1. The first-order valence-corrected chi connectivity index (χ1v) is 12.4. The number of aromatic nitrogens is 1. The van der Waals surface area contributed by atoms with Gasteiger partial charge in [-0.2, -0.15) is 0 Å². The van der Waals surface area contributed by atoms with Crippen molar-refractivity contribution in [3.05, 3.63) is 71.9 Å². The zero-order valence-corrected chi connectivity index (χ0v) is 20.7. The average molecular weight is 474 g/mol. The van der Waals surface area contributed by atoms with Crippen LogP contribution < -0.4 is 10.6 Å². The maximum atomic E-state index is 12.9. The number of rotatable bonds is 8. The Morgan fingerprint density at radius 1 is 1.06 bits per heavy atom. The van der Waals surface area contributed by atoms with Crippen molar-refractivity contribution in [3.63, 3.8) is 0 Å². The largest absolute Gasteiger partial charge is 0.345 e. The fourth-order valence-electron chi connectivity index (χ4n) is 4.67. The van der Waals surface area contributed by atoms with E-state index in [2.05, 4.69) is 32.7 Å². The smallest absolute Gasteiger partial charge is 0.319 e. The third-order valence-corrected chi connectivity index (χ3v) is 6.70. The predicted octanol–water partition coefficient (Wildman–Crippen LogP) is 4.08. The van der Waals surface area contributed by atoms with E-state index in [0.29, 0.717) is 6.54 Å². The molecule has 4 rings (SSSR count). The Morgan fingerprint density at radius 3 is 2.54 bits per heavy atom. The van der Waals surface area contributed by atoms with E-state index in [-0.39, 0.29) is 17.9 Å². The van der Waals surface area contributed by atoms with E-state index in [1.807, 2.05) is 67.4 Å². The fraction of sp³-hybridized carbons (Fsp3) is 0.393. The van der Waals surface area contributed by atoms with Gasteiger partial charge in [0, 0.05) is 43.7 Å². The number of amides is 3. The maximum Gasteiger partial charge on any atom is 0.319 e. The molecule has 2 N–H and O–H groups in total. The number of anilines is 1. The number of likely N-dealkylation sites (N-methyl/N-ethyl adjacent to an activating group) is 1. The van der Waals surface area contributed by atoms with E-state index in [1.54, 1.807) is 0 Å². The van der Waals surface area contributed by atoms with Crippen LogP contribution in [0.2, 0.25) is 0 Å². The van der Waals surface area contributed by atoms with E-state index < -0.39 is 0 Å². The monoisotopic (exact) mass is 473 g/mol. The van der Waals surface area contributed by atoms with Gasteiger partial charge in [0.2, 0.25) is 5.91 Å². The number of carbonyl (C=O) groups excluding carboxylic acids is 2. The second-order valence-corrected chi connectivity index (χ2v) is 9.32. The fourth-order valence-corrected chi connectivity index (χ4v) is 4.67. The number of nitrogens with zero attached hydrogens (tertiary/aromatic N) is 3. The van der Waals surface area contributed by atoms with Crippen molar-refractivity contribution in [3.8, 4) is 0 Å². The molecule has 3 aromatic rings. The Hall–Kier alpha value is -3.45. The summed E-state index contributed by atoms with van der Waals surface area (Å²) in [5.74, 6) is 0.337. The Bertz CT molecular complexity index is 1140. The molecule has 35 heavy (non-hydrogen) atoms. The first-order chi connectivity index (χ1) is 17.0. The molecule has 1 aliphatic heterocycles. The molecule has 1 saturated heterocycles. The van der Waals surface area contributed by atoms with Gasteiger partial charge in [-0.05, 0) is 57.0 Å². The Kier molecular flexibility index (Phi) is 8.32. The van der Waals surface area contributed by atoms with Gasteiger partial charge < -0.3 is 20.4 Å². The van der Waals surface area contributed by atoms with Crippen LogP contribution in [-0.4, -0.2) is 66.5 Å². The van der Waals surface area contributed by atoms with Gasteiger partial charge in [0.25, 0.3) is 0 Å². The summed E-state index contributed by atoms with van der Waals surface area (Å²) in [7, 11) is 1.91. The molecule has 2 aromatic carbocycles. The van der Waals surface area contributed by atoms with Crippen molar-refractivity contribution in [2.45, 2.75) is 26.2 Å². The molecule has 1 aliphatic rings. The lowest BCUT2D eigenvalue weighted by Crippen LogP contribution is -2.44. The summed E-state index contributed by atoms with van der Waals surface area (Å²) in [6.45, 7) is 5.75. The van der Waals surface area contributed by atoms with Crippen LogP contribution in [0.4, 0.5) is 10.5 Å². The number of aryl methyl sites for hydroxylation is 1. The molecule has 0 aliphatic carbocycles. The van der Waals surface area contributed by atoms with E-state index in [9.17, 15) is 9.59 Å². The number of piperidine rings is 1. The first-order valence-electron chi connectivity index (χ1n) is 12.4. The van der Waals surface area contributed by atoms with Crippen LogP contribution in [0, 0.1) is 12.8 Å². The van der Waals surface area contributed by atoms with Crippen molar-refractivity contribution in [1.82, 2.24) is 20.1 Å². The highest BCUT2D eigenvalue weighted by Crippen LogP contribution is 2.23. The Morgan fingerprint density at radius 2 is 1.77 bits per heavy atom. The average Bonchev–Trinajstić information content (AvgIpc) is 2.88. The standard InChI is InChI=1S/C28H35N5O2/c1-21-20-26(24-10-6-7-11-25(24)30-21)31-28(35)29-15-19-33-17-13-23(14-18-33)27(34)32(2)16-12-22-8-4-3-5-9-22/h3-11,20,23H,12-19H2,1-2H3,(H2,29,30,31,35). The summed E-state index contributed by atoms with van der Waals surface area (Å²) < 4.78 is 0. The van der Waals surface area contributed by atoms with Crippen LogP contribution >= 0.6 is 0 Å². The van der Waals surface area contributed by atoms with Gasteiger partial charge in [-0.3, -0.25) is 9.78 Å². The number of nitrogens with one attached hydrogen (secondary N) is 2. The number of benzene rings is 2. The number of hydrogen-bond acceptors (Lipinski definition) is 4. The molecule has 2 heterocycles. The third kappa shape index (κ3) is 6.79.